The molecule has 0 aliphatic carbocycles. The van der Waals surface area contributed by atoms with E-state index >= 15 is 0 Å². The van der Waals surface area contributed by atoms with E-state index in [0.717, 1.165) is 26.1 Å². The molecule has 0 aliphatic rings. The summed E-state index contributed by atoms with van der Waals surface area (Å²) in [6, 6.07) is 0. The summed E-state index contributed by atoms with van der Waals surface area (Å²) in [5.41, 5.74) is 0. The molecule has 0 fully saturated rings. The largest absolute Gasteiger partial charge is 0.379 e. The molecule has 0 saturated carbocycles. The Morgan fingerprint density at radius 2 is 0.294 bits per heavy atom. The Labute approximate surface area is 314 Å². The van der Waals surface area contributed by atoms with Crippen molar-refractivity contribution in [3.8, 4) is 0 Å². The normalized spacial score (nSPS) is 11.6. The zero-order valence-corrected chi connectivity index (χ0v) is 33.7. The van der Waals surface area contributed by atoms with Crippen molar-refractivity contribution in [3.05, 3.63) is 0 Å². The Kier molecular flexibility index (Phi) is 49.2. The van der Waals surface area contributed by atoms with Crippen LogP contribution in [0.2, 0.25) is 0 Å². The minimum absolute atomic E-state index is 0.535. The van der Waals surface area contributed by atoms with Crippen LogP contribution in [0.15, 0.2) is 0 Å². The third-order valence-corrected chi connectivity index (χ3v) is 8.38. The Bertz CT molecular complexity index is 539. The molecule has 10 heteroatoms. The lowest BCUT2D eigenvalue weighted by molar-refractivity contribution is -0.0264. The van der Waals surface area contributed by atoms with Crippen LogP contribution in [0.3, 0.4) is 0 Å². The SMILES string of the molecule is CCCCCCCCCCCCCCCOCCOCCOCCOCCOCCOCCOCCOCCOCCOCCCCCCCC. The van der Waals surface area contributed by atoms with E-state index in [1.54, 1.807) is 0 Å². The molecule has 0 atom stereocenters. The molecule has 0 saturated heterocycles. The second-order valence-corrected chi connectivity index (χ2v) is 13.1. The number of rotatable bonds is 48. The zero-order chi connectivity index (χ0) is 36.6. The van der Waals surface area contributed by atoms with Gasteiger partial charge in [-0.15, -0.1) is 0 Å². The summed E-state index contributed by atoms with van der Waals surface area (Å²) in [6.07, 6.45) is 25.5. The second kappa shape index (κ2) is 49.6. The Morgan fingerprint density at radius 3 is 0.471 bits per heavy atom. The van der Waals surface area contributed by atoms with Gasteiger partial charge in [-0.1, -0.05) is 123 Å². The summed E-state index contributed by atoms with van der Waals surface area (Å²) < 4.78 is 55.5. The van der Waals surface area contributed by atoms with Crippen molar-refractivity contribution in [2.45, 2.75) is 136 Å². The summed E-state index contributed by atoms with van der Waals surface area (Å²) in [6.45, 7) is 16.4. The summed E-state index contributed by atoms with van der Waals surface area (Å²) in [4.78, 5) is 0. The van der Waals surface area contributed by atoms with Gasteiger partial charge in [0.15, 0.2) is 0 Å². The first-order valence-electron chi connectivity index (χ1n) is 21.2. The van der Waals surface area contributed by atoms with Crippen LogP contribution >= 0.6 is 0 Å². The van der Waals surface area contributed by atoms with Gasteiger partial charge in [0, 0.05) is 13.2 Å². The van der Waals surface area contributed by atoms with Gasteiger partial charge in [-0.3, -0.25) is 0 Å². The van der Waals surface area contributed by atoms with Crippen LogP contribution in [0.25, 0.3) is 0 Å². The molecule has 0 aliphatic heterocycles. The maximum Gasteiger partial charge on any atom is 0.0701 e. The summed E-state index contributed by atoms with van der Waals surface area (Å²) in [7, 11) is 0. The van der Waals surface area contributed by atoms with E-state index in [9.17, 15) is 0 Å². The minimum Gasteiger partial charge on any atom is -0.379 e. The molecule has 0 unspecified atom stereocenters. The van der Waals surface area contributed by atoms with E-state index in [0.29, 0.717) is 119 Å². The predicted octanol–water partition coefficient (Wildman–Crippen LogP) is 8.60. The van der Waals surface area contributed by atoms with Crippen molar-refractivity contribution in [2.24, 2.45) is 0 Å². The van der Waals surface area contributed by atoms with Crippen molar-refractivity contribution in [2.75, 3.05) is 132 Å². The topological polar surface area (TPSA) is 92.3 Å². The lowest BCUT2D eigenvalue weighted by Gasteiger charge is -2.09. The van der Waals surface area contributed by atoms with Crippen LogP contribution in [0.5, 0.6) is 0 Å². The van der Waals surface area contributed by atoms with Crippen molar-refractivity contribution in [1.29, 1.82) is 0 Å². The number of hydrogen-bond donors (Lipinski definition) is 0. The zero-order valence-electron chi connectivity index (χ0n) is 33.7. The van der Waals surface area contributed by atoms with Crippen LogP contribution in [-0.2, 0) is 47.4 Å². The van der Waals surface area contributed by atoms with Gasteiger partial charge in [0.1, 0.15) is 0 Å². The number of unbranched alkanes of at least 4 members (excludes halogenated alkanes) is 17. The van der Waals surface area contributed by atoms with Gasteiger partial charge in [-0.2, -0.15) is 0 Å². The van der Waals surface area contributed by atoms with E-state index in [4.69, 9.17) is 47.4 Å². The minimum atomic E-state index is 0.535. The molecule has 51 heavy (non-hydrogen) atoms. The molecular formula is C41H84O10. The highest BCUT2D eigenvalue weighted by molar-refractivity contribution is 4.49. The van der Waals surface area contributed by atoms with Crippen molar-refractivity contribution in [3.63, 3.8) is 0 Å². The van der Waals surface area contributed by atoms with Crippen molar-refractivity contribution in [1.82, 2.24) is 0 Å². The Morgan fingerprint density at radius 1 is 0.157 bits per heavy atom. The maximum atomic E-state index is 5.68. The van der Waals surface area contributed by atoms with Gasteiger partial charge in [0.25, 0.3) is 0 Å². The standard InChI is InChI=1S/C41H84O10/c1-3-5-7-9-11-12-13-14-15-16-17-19-21-23-43-25-27-45-29-31-47-33-35-49-37-39-51-41-40-50-38-36-48-34-32-46-30-28-44-26-24-42-22-20-18-10-8-6-4-2/h3-41H2,1-2H3. The van der Waals surface area contributed by atoms with Crippen LogP contribution < -0.4 is 0 Å². The molecule has 0 aromatic carbocycles. The first-order valence-corrected chi connectivity index (χ1v) is 21.2. The van der Waals surface area contributed by atoms with Gasteiger partial charge in [0.05, 0.1) is 119 Å². The molecule has 0 spiro atoms. The van der Waals surface area contributed by atoms with Crippen LogP contribution in [0.4, 0.5) is 0 Å². The molecule has 10 nitrogen and oxygen atoms in total. The molecule has 0 N–H and O–H groups in total. The van der Waals surface area contributed by atoms with Gasteiger partial charge < -0.3 is 47.4 Å². The van der Waals surface area contributed by atoms with Crippen LogP contribution in [0.1, 0.15) is 136 Å². The lowest BCUT2D eigenvalue weighted by atomic mass is 10.0. The second-order valence-electron chi connectivity index (χ2n) is 13.1. The smallest absolute Gasteiger partial charge is 0.0701 e. The van der Waals surface area contributed by atoms with Gasteiger partial charge in [-0.05, 0) is 12.8 Å². The Hall–Kier alpha value is -0.400. The van der Waals surface area contributed by atoms with E-state index in [-0.39, 0.29) is 0 Å². The van der Waals surface area contributed by atoms with E-state index < -0.39 is 0 Å². The van der Waals surface area contributed by atoms with Gasteiger partial charge in [-0.25, -0.2) is 0 Å². The molecule has 308 valence electrons. The van der Waals surface area contributed by atoms with Gasteiger partial charge in [0.2, 0.25) is 0 Å². The molecule has 0 aromatic rings. The monoisotopic (exact) mass is 737 g/mol. The third-order valence-electron chi connectivity index (χ3n) is 8.38. The summed E-state index contributed by atoms with van der Waals surface area (Å²) >= 11 is 0. The average Bonchev–Trinajstić information content (AvgIpc) is 3.14. The van der Waals surface area contributed by atoms with Crippen molar-refractivity contribution < 1.29 is 47.4 Å². The quantitative estimate of drug-likeness (QED) is 0.0566. The van der Waals surface area contributed by atoms with E-state index in [1.165, 1.54) is 109 Å². The molecule has 0 aromatic heterocycles. The molecule has 0 amide bonds. The molecule has 0 bridgehead atoms. The Balaban J connectivity index is 3.04. The highest BCUT2D eigenvalue weighted by Crippen LogP contribution is 2.12. The number of ether oxygens (including phenoxy) is 10. The maximum absolute atomic E-state index is 5.68. The van der Waals surface area contributed by atoms with Gasteiger partial charge >= 0.3 is 0 Å². The number of hydrogen-bond acceptors (Lipinski definition) is 10. The fraction of sp³-hybridized carbons (Fsp3) is 1.00. The fourth-order valence-corrected chi connectivity index (χ4v) is 5.29. The average molecular weight is 737 g/mol. The van der Waals surface area contributed by atoms with Crippen LogP contribution in [-0.4, -0.2) is 132 Å². The van der Waals surface area contributed by atoms with E-state index in [2.05, 4.69) is 13.8 Å². The first-order chi connectivity index (χ1) is 25.4. The fourth-order valence-electron chi connectivity index (χ4n) is 5.29. The van der Waals surface area contributed by atoms with E-state index in [1.807, 2.05) is 0 Å². The molecule has 0 radical (unpaired) electrons. The van der Waals surface area contributed by atoms with Crippen molar-refractivity contribution >= 4 is 0 Å². The summed E-state index contributed by atoms with van der Waals surface area (Å²) in [5, 5.41) is 0. The molecule has 0 rings (SSSR count). The van der Waals surface area contributed by atoms with Crippen LogP contribution in [0, 0.1) is 0 Å². The highest BCUT2D eigenvalue weighted by atomic mass is 16.6. The first kappa shape index (κ1) is 50.6. The predicted molar refractivity (Wildman–Crippen MR) is 207 cm³/mol. The molecule has 0 heterocycles. The lowest BCUT2D eigenvalue weighted by Crippen LogP contribution is -2.15. The third kappa shape index (κ3) is 49.6. The highest BCUT2D eigenvalue weighted by Gasteiger charge is 1.98. The summed E-state index contributed by atoms with van der Waals surface area (Å²) in [5.74, 6) is 0. The molecular weight excluding hydrogens is 652 g/mol.